The van der Waals surface area contributed by atoms with Crippen molar-refractivity contribution in [1.82, 2.24) is 5.32 Å². The summed E-state index contributed by atoms with van der Waals surface area (Å²) in [6, 6.07) is 0. The fraction of sp³-hybridized carbons (Fsp3) is 1.00. The van der Waals surface area contributed by atoms with E-state index in [4.69, 9.17) is 9.84 Å². The van der Waals surface area contributed by atoms with Crippen LogP contribution in [0.2, 0.25) is 0 Å². The maximum atomic E-state index is 8.48. The minimum atomic E-state index is 0.109. The Morgan fingerprint density at radius 3 is 2.43 bits per heavy atom. The third kappa shape index (κ3) is 6.35. The molecule has 0 atom stereocenters. The van der Waals surface area contributed by atoms with Gasteiger partial charge in [0.05, 0.1) is 19.8 Å². The van der Waals surface area contributed by atoms with Gasteiger partial charge in [0.15, 0.2) is 0 Å². The number of nitrogens with one attached hydrogen (secondary N) is 1. The van der Waals surface area contributed by atoms with Crippen LogP contribution in [0.3, 0.4) is 0 Å². The first-order valence-corrected chi connectivity index (χ1v) is 5.40. The van der Waals surface area contributed by atoms with Crippen LogP contribution < -0.4 is 5.32 Å². The molecular weight excluding hydrogens is 178 g/mol. The first kappa shape index (κ1) is 13.9. The molecule has 3 nitrogen and oxygen atoms in total. The Kier molecular flexibility index (Phi) is 7.15. The summed E-state index contributed by atoms with van der Waals surface area (Å²) < 4.78 is 5.15. The zero-order chi connectivity index (χ0) is 11.0. The summed E-state index contributed by atoms with van der Waals surface area (Å²) in [5.41, 5.74) is 0.330. The first-order valence-electron chi connectivity index (χ1n) is 5.40. The average molecular weight is 203 g/mol. The zero-order valence-electron chi connectivity index (χ0n) is 9.97. The Hall–Kier alpha value is -0.120. The highest BCUT2D eigenvalue weighted by Gasteiger charge is 2.21. The van der Waals surface area contributed by atoms with Gasteiger partial charge >= 0.3 is 0 Å². The minimum Gasteiger partial charge on any atom is -0.394 e. The highest BCUT2D eigenvalue weighted by atomic mass is 16.5. The maximum Gasteiger partial charge on any atom is 0.0698 e. The fourth-order valence-corrected chi connectivity index (χ4v) is 0.926. The van der Waals surface area contributed by atoms with Crippen LogP contribution >= 0.6 is 0 Å². The van der Waals surface area contributed by atoms with Crippen molar-refractivity contribution < 1.29 is 9.84 Å². The van der Waals surface area contributed by atoms with Gasteiger partial charge in [-0.05, 0) is 11.3 Å². The van der Waals surface area contributed by atoms with Gasteiger partial charge in [0.2, 0.25) is 0 Å². The molecule has 14 heavy (non-hydrogen) atoms. The number of aliphatic hydroxyl groups excluding tert-OH is 1. The number of hydrogen-bond donors (Lipinski definition) is 2. The van der Waals surface area contributed by atoms with Crippen LogP contribution in [-0.2, 0) is 4.74 Å². The molecule has 0 amide bonds. The summed E-state index contributed by atoms with van der Waals surface area (Å²) in [5, 5.41) is 11.8. The van der Waals surface area contributed by atoms with Crippen LogP contribution in [0.1, 0.15) is 27.7 Å². The van der Waals surface area contributed by atoms with Crippen LogP contribution in [0.25, 0.3) is 0 Å². The van der Waals surface area contributed by atoms with Crippen LogP contribution in [0.15, 0.2) is 0 Å². The van der Waals surface area contributed by atoms with Crippen LogP contribution in [0, 0.1) is 11.3 Å². The lowest BCUT2D eigenvalue weighted by atomic mass is 9.81. The number of ether oxygens (including phenoxy) is 1. The number of rotatable bonds is 8. The van der Waals surface area contributed by atoms with E-state index in [0.717, 1.165) is 13.1 Å². The highest BCUT2D eigenvalue weighted by molar-refractivity contribution is 4.74. The molecule has 86 valence electrons. The molecule has 0 aliphatic carbocycles. The molecule has 0 spiro atoms. The second-order valence-corrected chi connectivity index (χ2v) is 4.66. The normalized spacial score (nSPS) is 12.4. The molecule has 0 unspecified atom stereocenters. The third-order valence-electron chi connectivity index (χ3n) is 2.80. The molecule has 0 aromatic rings. The summed E-state index contributed by atoms with van der Waals surface area (Å²) >= 11 is 0. The number of aliphatic hydroxyl groups is 1. The predicted octanol–water partition coefficient (Wildman–Crippen LogP) is 1.27. The lowest BCUT2D eigenvalue weighted by Gasteiger charge is -2.29. The Bertz CT molecular complexity index is 135. The lowest BCUT2D eigenvalue weighted by molar-refractivity contribution is 0.0916. The monoisotopic (exact) mass is 203 g/mol. The van der Waals surface area contributed by atoms with Gasteiger partial charge in [0.25, 0.3) is 0 Å². The molecule has 0 bridgehead atoms. The zero-order valence-corrected chi connectivity index (χ0v) is 9.97. The Labute approximate surface area is 87.8 Å². The SMILES string of the molecule is CC(C)C(C)(C)CNCCOCCO. The van der Waals surface area contributed by atoms with Gasteiger partial charge in [-0.15, -0.1) is 0 Å². The van der Waals surface area contributed by atoms with Crippen molar-refractivity contribution in [1.29, 1.82) is 0 Å². The van der Waals surface area contributed by atoms with E-state index in [0.29, 0.717) is 24.5 Å². The van der Waals surface area contributed by atoms with Crippen molar-refractivity contribution in [3.63, 3.8) is 0 Å². The highest BCUT2D eigenvalue weighted by Crippen LogP contribution is 2.24. The van der Waals surface area contributed by atoms with Gasteiger partial charge in [-0.2, -0.15) is 0 Å². The van der Waals surface area contributed by atoms with Gasteiger partial charge in [-0.25, -0.2) is 0 Å². The fourth-order valence-electron chi connectivity index (χ4n) is 0.926. The van der Waals surface area contributed by atoms with Gasteiger partial charge in [-0.3, -0.25) is 0 Å². The quantitative estimate of drug-likeness (QED) is 0.584. The molecule has 0 saturated heterocycles. The minimum absolute atomic E-state index is 0.109. The van der Waals surface area contributed by atoms with Gasteiger partial charge < -0.3 is 15.2 Å². The topological polar surface area (TPSA) is 41.5 Å². The molecule has 0 aromatic carbocycles. The van der Waals surface area contributed by atoms with E-state index in [1.165, 1.54) is 0 Å². The van der Waals surface area contributed by atoms with Gasteiger partial charge in [0, 0.05) is 13.1 Å². The van der Waals surface area contributed by atoms with Crippen molar-refractivity contribution in [2.75, 3.05) is 32.9 Å². The molecule has 0 aromatic heterocycles. The van der Waals surface area contributed by atoms with Crippen LogP contribution in [-0.4, -0.2) is 38.0 Å². The molecular formula is C11H25NO2. The van der Waals surface area contributed by atoms with E-state index in [1.54, 1.807) is 0 Å². The molecule has 0 fully saturated rings. The van der Waals surface area contributed by atoms with Gasteiger partial charge in [0.1, 0.15) is 0 Å². The molecule has 0 aliphatic rings. The molecule has 2 N–H and O–H groups in total. The van der Waals surface area contributed by atoms with Crippen molar-refractivity contribution in [2.24, 2.45) is 11.3 Å². The van der Waals surface area contributed by atoms with Crippen molar-refractivity contribution in [3.8, 4) is 0 Å². The first-order chi connectivity index (χ1) is 6.50. The Morgan fingerprint density at radius 1 is 1.29 bits per heavy atom. The van der Waals surface area contributed by atoms with E-state index in [9.17, 15) is 0 Å². The van der Waals surface area contributed by atoms with E-state index >= 15 is 0 Å². The molecule has 0 rings (SSSR count). The molecule has 3 heteroatoms. The largest absolute Gasteiger partial charge is 0.394 e. The number of hydrogen-bond acceptors (Lipinski definition) is 3. The second-order valence-electron chi connectivity index (χ2n) is 4.66. The third-order valence-corrected chi connectivity index (χ3v) is 2.80. The van der Waals surface area contributed by atoms with Crippen molar-refractivity contribution >= 4 is 0 Å². The van der Waals surface area contributed by atoms with E-state index < -0.39 is 0 Å². The van der Waals surface area contributed by atoms with E-state index in [2.05, 4.69) is 33.0 Å². The van der Waals surface area contributed by atoms with Crippen LogP contribution in [0.4, 0.5) is 0 Å². The summed E-state index contributed by atoms with van der Waals surface area (Å²) in [6.45, 7) is 12.1. The maximum absolute atomic E-state index is 8.48. The summed E-state index contributed by atoms with van der Waals surface area (Å²) in [7, 11) is 0. The molecule has 0 saturated carbocycles. The molecule has 0 heterocycles. The smallest absolute Gasteiger partial charge is 0.0698 e. The van der Waals surface area contributed by atoms with Crippen LogP contribution in [0.5, 0.6) is 0 Å². The Morgan fingerprint density at radius 2 is 1.93 bits per heavy atom. The van der Waals surface area contributed by atoms with Crippen molar-refractivity contribution in [2.45, 2.75) is 27.7 Å². The van der Waals surface area contributed by atoms with Gasteiger partial charge in [-0.1, -0.05) is 27.7 Å². The Balaban J connectivity index is 3.35. The van der Waals surface area contributed by atoms with Crippen molar-refractivity contribution in [3.05, 3.63) is 0 Å². The average Bonchev–Trinajstić information content (AvgIpc) is 2.10. The second kappa shape index (κ2) is 7.21. The summed E-state index contributed by atoms with van der Waals surface area (Å²) in [4.78, 5) is 0. The molecule has 0 aliphatic heterocycles. The molecule has 0 radical (unpaired) electrons. The standard InChI is InChI=1S/C11H25NO2/c1-10(2)11(3,4)9-12-5-7-14-8-6-13/h10,12-13H,5-9H2,1-4H3. The lowest BCUT2D eigenvalue weighted by Crippen LogP contribution is -2.35. The van der Waals surface area contributed by atoms with E-state index in [1.807, 2.05) is 0 Å². The summed E-state index contributed by atoms with van der Waals surface area (Å²) in [6.07, 6.45) is 0. The van der Waals surface area contributed by atoms with E-state index in [-0.39, 0.29) is 6.61 Å². The predicted molar refractivity (Wildman–Crippen MR) is 59.4 cm³/mol. The summed E-state index contributed by atoms with van der Waals surface area (Å²) in [5.74, 6) is 0.674.